The van der Waals surface area contributed by atoms with Gasteiger partial charge in [0.15, 0.2) is 0 Å². The molecule has 3 heteroatoms. The molecule has 1 saturated carbocycles. The molecule has 1 unspecified atom stereocenters. The minimum Gasteiger partial charge on any atom is -0.216 e. The molecule has 98 valence electrons. The van der Waals surface area contributed by atoms with Crippen molar-refractivity contribution in [2.75, 3.05) is 12.9 Å². The first kappa shape index (κ1) is 14.1. The van der Waals surface area contributed by atoms with Gasteiger partial charge in [-0.1, -0.05) is 46.0 Å². The molecule has 0 amide bonds. The fraction of sp³-hybridized carbons (Fsp3) is 0.533. The zero-order chi connectivity index (χ0) is 13.0. The van der Waals surface area contributed by atoms with E-state index in [0.29, 0.717) is 0 Å². The highest BCUT2D eigenvalue weighted by molar-refractivity contribution is 7.97. The van der Waals surface area contributed by atoms with Crippen LogP contribution < -0.4 is 0 Å². The molecule has 0 saturated heterocycles. The molecule has 1 aliphatic rings. The SMILES string of the molecule is CPC(=NSC)c1cccc(C)c1CC1CCC1. The van der Waals surface area contributed by atoms with Gasteiger partial charge < -0.3 is 0 Å². The van der Waals surface area contributed by atoms with Gasteiger partial charge in [-0.2, -0.15) is 0 Å². The summed E-state index contributed by atoms with van der Waals surface area (Å²) in [7, 11) is 0.770. The average molecular weight is 279 g/mol. The van der Waals surface area contributed by atoms with Gasteiger partial charge in [-0.15, -0.1) is 0 Å². The van der Waals surface area contributed by atoms with E-state index in [1.165, 1.54) is 42.3 Å². The summed E-state index contributed by atoms with van der Waals surface area (Å²) in [4.78, 5) is 0. The van der Waals surface area contributed by atoms with E-state index >= 15 is 0 Å². The van der Waals surface area contributed by atoms with Crippen LogP contribution in [0.5, 0.6) is 0 Å². The van der Waals surface area contributed by atoms with Crippen molar-refractivity contribution in [2.24, 2.45) is 10.3 Å². The summed E-state index contributed by atoms with van der Waals surface area (Å²) in [5, 5.41) is 0. The lowest BCUT2D eigenvalue weighted by molar-refractivity contribution is 0.314. The molecule has 0 radical (unpaired) electrons. The van der Waals surface area contributed by atoms with Crippen LogP contribution in [0.15, 0.2) is 22.6 Å². The Hall–Kier alpha value is -0.330. The molecular formula is C15H22NPS. The number of hydrogen-bond donors (Lipinski definition) is 0. The molecule has 1 aromatic carbocycles. The Morgan fingerprint density at radius 2 is 2.22 bits per heavy atom. The molecule has 1 aromatic rings. The molecule has 1 nitrogen and oxygen atoms in total. The standard InChI is InChI=1S/C15H22NPS/c1-11-6-4-9-13(15(17-2)16-18-3)14(11)10-12-7-5-8-12/h4,6,9,12,17H,5,7-8,10H2,1-3H3. The van der Waals surface area contributed by atoms with Crippen molar-refractivity contribution in [3.63, 3.8) is 0 Å². The Morgan fingerprint density at radius 3 is 2.78 bits per heavy atom. The third-order valence-corrected chi connectivity index (χ3v) is 5.18. The summed E-state index contributed by atoms with van der Waals surface area (Å²) >= 11 is 1.58. The smallest absolute Gasteiger partial charge is 0.0754 e. The molecule has 18 heavy (non-hydrogen) atoms. The van der Waals surface area contributed by atoms with Gasteiger partial charge in [-0.25, -0.2) is 4.40 Å². The largest absolute Gasteiger partial charge is 0.216 e. The second-order valence-electron chi connectivity index (χ2n) is 4.97. The molecule has 1 fully saturated rings. The number of rotatable bonds is 5. The minimum absolute atomic E-state index is 0.770. The number of benzene rings is 1. The molecule has 1 atom stereocenters. The molecule has 0 N–H and O–H groups in total. The highest BCUT2D eigenvalue weighted by atomic mass is 32.2. The zero-order valence-corrected chi connectivity index (χ0v) is 13.3. The lowest BCUT2D eigenvalue weighted by Gasteiger charge is -2.27. The fourth-order valence-corrected chi connectivity index (χ4v) is 3.92. The topological polar surface area (TPSA) is 12.4 Å². The third-order valence-electron chi connectivity index (χ3n) is 3.80. The monoisotopic (exact) mass is 279 g/mol. The van der Waals surface area contributed by atoms with Crippen LogP contribution in [0.4, 0.5) is 0 Å². The van der Waals surface area contributed by atoms with Gasteiger partial charge >= 0.3 is 0 Å². The van der Waals surface area contributed by atoms with Crippen LogP contribution in [0, 0.1) is 12.8 Å². The van der Waals surface area contributed by atoms with Crippen LogP contribution in [0.25, 0.3) is 0 Å². The zero-order valence-electron chi connectivity index (χ0n) is 11.5. The summed E-state index contributed by atoms with van der Waals surface area (Å²) in [5.41, 5.74) is 5.66. The summed E-state index contributed by atoms with van der Waals surface area (Å²) in [6, 6.07) is 6.67. The molecule has 2 rings (SSSR count). The van der Waals surface area contributed by atoms with E-state index in [2.05, 4.69) is 36.2 Å². The lowest BCUT2D eigenvalue weighted by atomic mass is 9.79. The third kappa shape index (κ3) is 3.16. The molecule has 0 aliphatic heterocycles. The van der Waals surface area contributed by atoms with Gasteiger partial charge in [0.1, 0.15) is 0 Å². The summed E-state index contributed by atoms with van der Waals surface area (Å²) in [5.74, 6) is 0.917. The summed E-state index contributed by atoms with van der Waals surface area (Å²) < 4.78 is 4.61. The normalized spacial score (nSPS) is 17.4. The second kappa shape index (κ2) is 6.73. The average Bonchev–Trinajstić information content (AvgIpc) is 2.32. The summed E-state index contributed by atoms with van der Waals surface area (Å²) in [6.45, 7) is 4.47. The predicted octanol–water partition coefficient (Wildman–Crippen LogP) is 4.67. The maximum Gasteiger partial charge on any atom is 0.0754 e. The van der Waals surface area contributed by atoms with E-state index in [-0.39, 0.29) is 0 Å². The Labute approximate surface area is 117 Å². The Morgan fingerprint density at radius 1 is 1.44 bits per heavy atom. The van der Waals surface area contributed by atoms with Crippen molar-refractivity contribution in [1.82, 2.24) is 0 Å². The molecular weight excluding hydrogens is 257 g/mol. The molecule has 0 spiro atoms. The van der Waals surface area contributed by atoms with E-state index in [1.54, 1.807) is 17.5 Å². The van der Waals surface area contributed by atoms with Crippen molar-refractivity contribution in [2.45, 2.75) is 32.6 Å². The molecule has 0 bridgehead atoms. The van der Waals surface area contributed by atoms with Crippen molar-refractivity contribution in [3.05, 3.63) is 34.9 Å². The maximum absolute atomic E-state index is 4.61. The van der Waals surface area contributed by atoms with Crippen LogP contribution in [-0.2, 0) is 6.42 Å². The number of aryl methyl sites for hydroxylation is 1. The first-order valence-corrected chi connectivity index (χ1v) is 9.32. The second-order valence-corrected chi connectivity index (χ2v) is 6.50. The Balaban J connectivity index is 2.32. The van der Waals surface area contributed by atoms with Gasteiger partial charge in [-0.05, 0) is 49.0 Å². The van der Waals surface area contributed by atoms with Gasteiger partial charge in [0.05, 0.1) is 5.45 Å². The molecule has 0 heterocycles. The van der Waals surface area contributed by atoms with E-state index in [4.69, 9.17) is 0 Å². The first-order valence-electron chi connectivity index (χ1n) is 6.64. The van der Waals surface area contributed by atoms with Gasteiger partial charge in [0, 0.05) is 11.8 Å². The highest BCUT2D eigenvalue weighted by Gasteiger charge is 2.21. The van der Waals surface area contributed by atoms with E-state index in [9.17, 15) is 0 Å². The van der Waals surface area contributed by atoms with Crippen molar-refractivity contribution >= 4 is 26.0 Å². The number of nitrogens with zero attached hydrogens (tertiary/aromatic N) is 1. The van der Waals surface area contributed by atoms with Crippen LogP contribution in [0.3, 0.4) is 0 Å². The van der Waals surface area contributed by atoms with E-state index < -0.39 is 0 Å². The maximum atomic E-state index is 4.61. The molecule has 1 aliphatic carbocycles. The van der Waals surface area contributed by atoms with E-state index in [1.807, 2.05) is 6.26 Å². The van der Waals surface area contributed by atoms with Gasteiger partial charge in [0.25, 0.3) is 0 Å². The van der Waals surface area contributed by atoms with Crippen LogP contribution in [-0.4, -0.2) is 18.4 Å². The quantitative estimate of drug-likeness (QED) is 0.433. The lowest BCUT2D eigenvalue weighted by Crippen LogP contribution is -2.16. The predicted molar refractivity (Wildman–Crippen MR) is 86.5 cm³/mol. The van der Waals surface area contributed by atoms with Gasteiger partial charge in [0.2, 0.25) is 0 Å². The van der Waals surface area contributed by atoms with Crippen molar-refractivity contribution in [1.29, 1.82) is 0 Å². The Bertz CT molecular complexity index is 438. The van der Waals surface area contributed by atoms with Crippen LogP contribution >= 0.6 is 20.5 Å². The van der Waals surface area contributed by atoms with Gasteiger partial charge in [-0.3, -0.25) is 0 Å². The van der Waals surface area contributed by atoms with Crippen molar-refractivity contribution in [3.8, 4) is 0 Å². The minimum atomic E-state index is 0.770. The van der Waals surface area contributed by atoms with Crippen LogP contribution in [0.2, 0.25) is 0 Å². The fourth-order valence-electron chi connectivity index (χ4n) is 2.50. The first-order chi connectivity index (χ1) is 8.76. The van der Waals surface area contributed by atoms with Crippen molar-refractivity contribution < 1.29 is 0 Å². The molecule has 0 aromatic heterocycles. The summed E-state index contributed by atoms with van der Waals surface area (Å²) in [6.07, 6.45) is 7.54. The Kier molecular flexibility index (Phi) is 5.26. The van der Waals surface area contributed by atoms with E-state index in [0.717, 1.165) is 14.5 Å². The van der Waals surface area contributed by atoms with Crippen LogP contribution in [0.1, 0.15) is 36.0 Å². The number of hydrogen-bond acceptors (Lipinski definition) is 2. The highest BCUT2D eigenvalue weighted by Crippen LogP contribution is 2.33.